The summed E-state index contributed by atoms with van der Waals surface area (Å²) in [4.78, 5) is 11.8. The van der Waals surface area contributed by atoms with Gasteiger partial charge in [-0.3, -0.25) is 9.00 Å². The largest absolute Gasteiger partial charge is 0.351 e. The minimum Gasteiger partial charge on any atom is -0.351 e. The lowest BCUT2D eigenvalue weighted by atomic mass is 10.1. The van der Waals surface area contributed by atoms with Crippen LogP contribution in [0.5, 0.6) is 0 Å². The minimum atomic E-state index is -0.935. The highest BCUT2D eigenvalue weighted by Gasteiger charge is 2.09. The Morgan fingerprint density at radius 1 is 1.42 bits per heavy atom. The first-order chi connectivity index (χ1) is 9.04. The topological polar surface area (TPSA) is 72.2 Å². The monoisotopic (exact) mass is 278 g/mol. The summed E-state index contributed by atoms with van der Waals surface area (Å²) in [5, 5.41) is 2.70. The van der Waals surface area contributed by atoms with Crippen LogP contribution in [0.1, 0.15) is 22.8 Å². The molecule has 1 aromatic rings. The van der Waals surface area contributed by atoms with E-state index in [-0.39, 0.29) is 11.2 Å². The van der Waals surface area contributed by atoms with Gasteiger partial charge in [0.2, 0.25) is 0 Å². The highest BCUT2D eigenvalue weighted by molar-refractivity contribution is 7.84. The van der Waals surface area contributed by atoms with E-state index in [0.717, 1.165) is 5.56 Å². The number of rotatable bonds is 4. The molecule has 1 aromatic carbocycles. The fourth-order valence-electron chi connectivity index (χ4n) is 1.31. The van der Waals surface area contributed by atoms with Crippen molar-refractivity contribution < 1.29 is 9.00 Å². The van der Waals surface area contributed by atoms with E-state index in [1.54, 1.807) is 30.5 Å². The Balaban J connectivity index is 2.60. The average Bonchev–Trinajstić information content (AvgIpc) is 2.42. The van der Waals surface area contributed by atoms with Crippen molar-refractivity contribution in [1.82, 2.24) is 5.32 Å². The standard InChI is InChI=1S/C14H18N2O2S/c1-11(19(2)18)10-16-14(17)13-7-5-12(6-8-13)4-3-9-15/h5-8,11H,9-10,15H2,1-2H3,(H,16,17). The van der Waals surface area contributed by atoms with Crippen molar-refractivity contribution in [2.24, 2.45) is 5.73 Å². The highest BCUT2D eigenvalue weighted by atomic mass is 32.2. The molecule has 0 saturated heterocycles. The first kappa shape index (κ1) is 15.4. The van der Waals surface area contributed by atoms with Gasteiger partial charge in [0.1, 0.15) is 0 Å². The highest BCUT2D eigenvalue weighted by Crippen LogP contribution is 2.03. The first-order valence-electron chi connectivity index (χ1n) is 5.94. The summed E-state index contributed by atoms with van der Waals surface area (Å²) < 4.78 is 11.2. The van der Waals surface area contributed by atoms with E-state index in [9.17, 15) is 9.00 Å². The van der Waals surface area contributed by atoms with Gasteiger partial charge in [-0.1, -0.05) is 11.8 Å². The van der Waals surface area contributed by atoms with E-state index in [4.69, 9.17) is 5.73 Å². The molecular weight excluding hydrogens is 260 g/mol. The predicted octanol–water partition coefficient (Wildman–Crippen LogP) is 0.494. The second-order valence-electron chi connectivity index (χ2n) is 4.10. The lowest BCUT2D eigenvalue weighted by Gasteiger charge is -2.09. The van der Waals surface area contributed by atoms with Crippen LogP contribution in [0.25, 0.3) is 0 Å². The summed E-state index contributed by atoms with van der Waals surface area (Å²) >= 11 is 0. The van der Waals surface area contributed by atoms with Gasteiger partial charge in [0, 0.05) is 40.0 Å². The lowest BCUT2D eigenvalue weighted by Crippen LogP contribution is -2.32. The molecule has 19 heavy (non-hydrogen) atoms. The van der Waals surface area contributed by atoms with E-state index in [2.05, 4.69) is 17.2 Å². The molecule has 0 bridgehead atoms. The molecule has 0 aliphatic rings. The minimum absolute atomic E-state index is 0.0568. The molecule has 102 valence electrons. The summed E-state index contributed by atoms with van der Waals surface area (Å²) in [5.41, 5.74) is 6.67. The van der Waals surface area contributed by atoms with Gasteiger partial charge in [-0.05, 0) is 31.2 Å². The van der Waals surface area contributed by atoms with Crippen LogP contribution in [0.3, 0.4) is 0 Å². The normalized spacial score (nSPS) is 13.0. The molecule has 0 heterocycles. The molecule has 1 amide bonds. The second-order valence-corrected chi connectivity index (χ2v) is 5.90. The van der Waals surface area contributed by atoms with Gasteiger partial charge in [0.25, 0.3) is 5.91 Å². The lowest BCUT2D eigenvalue weighted by molar-refractivity contribution is 0.0954. The van der Waals surface area contributed by atoms with E-state index < -0.39 is 10.8 Å². The number of hydrogen-bond acceptors (Lipinski definition) is 3. The van der Waals surface area contributed by atoms with E-state index in [1.807, 2.05) is 6.92 Å². The molecule has 5 heteroatoms. The first-order valence-corrected chi connectivity index (χ1v) is 7.56. The molecule has 0 spiro atoms. The Hall–Kier alpha value is -1.64. The van der Waals surface area contributed by atoms with Crippen LogP contribution in [-0.2, 0) is 10.8 Å². The maximum atomic E-state index is 11.8. The van der Waals surface area contributed by atoms with Crippen LogP contribution >= 0.6 is 0 Å². The smallest absolute Gasteiger partial charge is 0.251 e. The Morgan fingerprint density at radius 3 is 2.58 bits per heavy atom. The third kappa shape index (κ3) is 5.25. The van der Waals surface area contributed by atoms with Gasteiger partial charge in [0.15, 0.2) is 0 Å². The fraction of sp³-hybridized carbons (Fsp3) is 0.357. The number of amides is 1. The SMILES string of the molecule is CC(CNC(=O)c1ccc(C#CCN)cc1)S(C)=O. The van der Waals surface area contributed by atoms with Crippen molar-refractivity contribution in [2.45, 2.75) is 12.2 Å². The summed E-state index contributed by atoms with van der Waals surface area (Å²) in [7, 11) is -0.935. The zero-order valence-corrected chi connectivity index (χ0v) is 11.9. The second kappa shape index (κ2) is 7.72. The van der Waals surface area contributed by atoms with Crippen LogP contribution in [0.15, 0.2) is 24.3 Å². The fourth-order valence-corrected chi connectivity index (χ4v) is 1.63. The van der Waals surface area contributed by atoms with Crippen molar-refractivity contribution in [2.75, 3.05) is 19.3 Å². The quantitative estimate of drug-likeness (QED) is 0.788. The van der Waals surface area contributed by atoms with Crippen LogP contribution in [-0.4, -0.2) is 34.7 Å². The number of carbonyl (C=O) groups is 1. The van der Waals surface area contributed by atoms with Crippen molar-refractivity contribution >= 4 is 16.7 Å². The van der Waals surface area contributed by atoms with Crippen molar-refractivity contribution in [3.05, 3.63) is 35.4 Å². The third-order valence-electron chi connectivity index (χ3n) is 2.60. The van der Waals surface area contributed by atoms with E-state index in [1.165, 1.54) is 0 Å². The third-order valence-corrected chi connectivity index (χ3v) is 3.90. The number of hydrogen-bond donors (Lipinski definition) is 2. The zero-order valence-electron chi connectivity index (χ0n) is 11.1. The van der Waals surface area contributed by atoms with Crippen LogP contribution < -0.4 is 11.1 Å². The molecule has 1 rings (SSSR count). The Morgan fingerprint density at radius 2 is 2.05 bits per heavy atom. The van der Waals surface area contributed by atoms with E-state index >= 15 is 0 Å². The van der Waals surface area contributed by atoms with Crippen molar-refractivity contribution in [1.29, 1.82) is 0 Å². The maximum Gasteiger partial charge on any atom is 0.251 e. The molecule has 0 fully saturated rings. The summed E-state index contributed by atoms with van der Waals surface area (Å²) in [5.74, 6) is 5.47. The Bertz CT molecular complexity index is 514. The number of benzene rings is 1. The van der Waals surface area contributed by atoms with Crippen LogP contribution in [0, 0.1) is 11.8 Å². The average molecular weight is 278 g/mol. The summed E-state index contributed by atoms with van der Waals surface area (Å²) in [6.07, 6.45) is 1.63. The Labute approximate surface area is 116 Å². The maximum absolute atomic E-state index is 11.8. The van der Waals surface area contributed by atoms with Crippen LogP contribution in [0.2, 0.25) is 0 Å². The molecule has 0 aliphatic heterocycles. The number of carbonyl (C=O) groups excluding carboxylic acids is 1. The molecule has 0 aliphatic carbocycles. The number of nitrogens with one attached hydrogen (secondary N) is 1. The molecule has 3 N–H and O–H groups in total. The molecule has 0 aromatic heterocycles. The van der Waals surface area contributed by atoms with Crippen molar-refractivity contribution in [3.63, 3.8) is 0 Å². The predicted molar refractivity (Wildman–Crippen MR) is 78.2 cm³/mol. The summed E-state index contributed by atoms with van der Waals surface area (Å²) in [6.45, 7) is 2.55. The molecule has 0 saturated carbocycles. The van der Waals surface area contributed by atoms with Crippen molar-refractivity contribution in [3.8, 4) is 11.8 Å². The van der Waals surface area contributed by atoms with Crippen LogP contribution in [0.4, 0.5) is 0 Å². The number of nitrogens with two attached hydrogens (primary N) is 1. The Kier molecular flexibility index (Phi) is 6.26. The van der Waals surface area contributed by atoms with Gasteiger partial charge in [-0.2, -0.15) is 0 Å². The molecule has 2 unspecified atom stereocenters. The molecule has 0 radical (unpaired) electrons. The van der Waals surface area contributed by atoms with Gasteiger partial charge in [-0.15, -0.1) is 0 Å². The molecule has 4 nitrogen and oxygen atoms in total. The zero-order chi connectivity index (χ0) is 14.3. The van der Waals surface area contributed by atoms with Gasteiger partial charge in [-0.25, -0.2) is 0 Å². The van der Waals surface area contributed by atoms with E-state index in [0.29, 0.717) is 18.7 Å². The van der Waals surface area contributed by atoms with Gasteiger partial charge >= 0.3 is 0 Å². The molecular formula is C14H18N2O2S. The van der Waals surface area contributed by atoms with Gasteiger partial charge < -0.3 is 11.1 Å². The van der Waals surface area contributed by atoms with Gasteiger partial charge in [0.05, 0.1) is 6.54 Å². The molecule has 2 atom stereocenters. The summed E-state index contributed by atoms with van der Waals surface area (Å²) in [6, 6.07) is 6.98.